The van der Waals surface area contributed by atoms with Crippen LogP contribution in [0.4, 0.5) is 0 Å². The van der Waals surface area contributed by atoms with Crippen LogP contribution in [0.5, 0.6) is 0 Å². The predicted molar refractivity (Wildman–Crippen MR) is 209 cm³/mol. The molecule has 1 fully saturated rings. The van der Waals surface area contributed by atoms with Gasteiger partial charge in [-0.1, -0.05) is 103 Å². The molecule has 0 spiro atoms. The molecule has 0 saturated carbocycles. The lowest BCUT2D eigenvalue weighted by molar-refractivity contribution is 0.00578. The zero-order chi connectivity index (χ0) is 35.5. The van der Waals surface area contributed by atoms with Gasteiger partial charge in [0.05, 0.1) is 39.4 Å². The van der Waals surface area contributed by atoms with Gasteiger partial charge in [-0.15, -0.1) is 0 Å². The van der Waals surface area contributed by atoms with Crippen LogP contribution in [0.25, 0.3) is 45.0 Å². The van der Waals surface area contributed by atoms with Crippen molar-refractivity contribution >= 4 is 12.6 Å². The minimum atomic E-state index is -0.622. The monoisotopic (exact) mass is 675 g/mol. The molecule has 2 aliphatic rings. The molecule has 0 bridgehead atoms. The van der Waals surface area contributed by atoms with Gasteiger partial charge >= 0.3 is 7.12 Å². The highest BCUT2D eigenvalue weighted by atomic mass is 16.7. The molecule has 6 heteroatoms. The van der Waals surface area contributed by atoms with E-state index < -0.39 is 23.7 Å². The minimum Gasteiger partial charge on any atom is -0.399 e. The standard InChI is InChI=1S/C46H38BN3O2/c1-44(2)45(3,4)52-47(51-44)39-30-38-36(34-21-11-12-22-37(34)46(38,32-17-7-5-8-18-32)33-19-9-6-10-20-33)29-35(39)31-27-42(40-23-13-15-25-48-40)50-43(28-31)41-24-14-16-26-49-41/h5-30H,1-4H3. The van der Waals surface area contributed by atoms with Gasteiger partial charge in [0, 0.05) is 12.4 Å². The summed E-state index contributed by atoms with van der Waals surface area (Å²) in [5.74, 6) is 0. The maximum atomic E-state index is 6.90. The smallest absolute Gasteiger partial charge is 0.399 e. The fraction of sp³-hybridized carbons (Fsp3) is 0.152. The summed E-state index contributed by atoms with van der Waals surface area (Å²) < 4.78 is 13.8. The normalized spacial score (nSPS) is 16.3. The molecule has 0 N–H and O–H groups in total. The Morgan fingerprint density at radius 1 is 0.462 bits per heavy atom. The minimum absolute atomic E-state index is 0.538. The van der Waals surface area contributed by atoms with Gasteiger partial charge in [-0.25, -0.2) is 4.98 Å². The van der Waals surface area contributed by atoms with Gasteiger partial charge in [0.25, 0.3) is 0 Å². The maximum Gasteiger partial charge on any atom is 0.495 e. The van der Waals surface area contributed by atoms with Crippen molar-refractivity contribution in [3.8, 4) is 45.0 Å². The molecule has 4 aromatic carbocycles. The topological polar surface area (TPSA) is 57.1 Å². The second-order valence-electron chi connectivity index (χ2n) is 14.7. The Labute approximate surface area is 305 Å². The lowest BCUT2D eigenvalue weighted by atomic mass is 9.65. The van der Waals surface area contributed by atoms with E-state index in [-0.39, 0.29) is 0 Å². The molecule has 7 aromatic rings. The van der Waals surface area contributed by atoms with Gasteiger partial charge < -0.3 is 9.31 Å². The van der Waals surface area contributed by atoms with Gasteiger partial charge in [0.15, 0.2) is 0 Å². The van der Waals surface area contributed by atoms with Gasteiger partial charge in [-0.05, 0) is 120 Å². The fourth-order valence-corrected chi connectivity index (χ4v) is 7.90. The van der Waals surface area contributed by atoms with E-state index in [1.165, 1.54) is 33.4 Å². The number of nitrogens with zero attached hydrogens (tertiary/aromatic N) is 3. The van der Waals surface area contributed by atoms with Crippen molar-refractivity contribution < 1.29 is 9.31 Å². The molecule has 0 radical (unpaired) electrons. The first kappa shape index (κ1) is 32.2. The summed E-state index contributed by atoms with van der Waals surface area (Å²) >= 11 is 0. The number of fused-ring (bicyclic) bond motifs is 3. The largest absolute Gasteiger partial charge is 0.495 e. The average molecular weight is 676 g/mol. The summed E-state index contributed by atoms with van der Waals surface area (Å²) in [6.45, 7) is 8.44. The Morgan fingerprint density at radius 3 is 1.52 bits per heavy atom. The number of rotatable bonds is 6. The average Bonchev–Trinajstić information content (AvgIpc) is 3.60. The van der Waals surface area contributed by atoms with Crippen molar-refractivity contribution in [2.45, 2.75) is 44.3 Å². The van der Waals surface area contributed by atoms with Crippen LogP contribution in [-0.4, -0.2) is 33.3 Å². The van der Waals surface area contributed by atoms with E-state index in [0.29, 0.717) is 0 Å². The molecule has 1 saturated heterocycles. The molecular formula is C46H38BN3O2. The zero-order valence-electron chi connectivity index (χ0n) is 29.7. The summed E-state index contributed by atoms with van der Waals surface area (Å²) in [6, 6.07) is 51.4. The van der Waals surface area contributed by atoms with Gasteiger partial charge in [-0.3, -0.25) is 9.97 Å². The van der Waals surface area contributed by atoms with Crippen LogP contribution < -0.4 is 5.46 Å². The van der Waals surface area contributed by atoms with E-state index in [0.717, 1.165) is 39.4 Å². The third-order valence-corrected chi connectivity index (χ3v) is 11.1. The van der Waals surface area contributed by atoms with Crippen molar-refractivity contribution in [3.63, 3.8) is 0 Å². The zero-order valence-corrected chi connectivity index (χ0v) is 29.7. The Balaban J connectivity index is 1.38. The summed E-state index contributed by atoms with van der Waals surface area (Å²) in [5.41, 5.74) is 11.7. The second kappa shape index (κ2) is 12.2. The first-order chi connectivity index (χ1) is 25.3. The molecule has 9 rings (SSSR count). The van der Waals surface area contributed by atoms with Crippen LogP contribution >= 0.6 is 0 Å². The molecule has 0 amide bonds. The van der Waals surface area contributed by atoms with Crippen LogP contribution in [0.15, 0.2) is 158 Å². The predicted octanol–water partition coefficient (Wildman–Crippen LogP) is 9.53. The molecule has 0 atom stereocenters. The molecule has 4 heterocycles. The Kier molecular flexibility index (Phi) is 7.58. The highest BCUT2D eigenvalue weighted by Crippen LogP contribution is 2.56. The first-order valence-corrected chi connectivity index (χ1v) is 17.9. The van der Waals surface area contributed by atoms with Gasteiger partial charge in [-0.2, -0.15) is 0 Å². The molecule has 52 heavy (non-hydrogen) atoms. The maximum absolute atomic E-state index is 6.90. The number of hydrogen-bond acceptors (Lipinski definition) is 5. The number of benzene rings is 4. The number of hydrogen-bond donors (Lipinski definition) is 0. The summed E-state index contributed by atoms with van der Waals surface area (Å²) in [4.78, 5) is 14.5. The molecular weight excluding hydrogens is 637 g/mol. The van der Waals surface area contributed by atoms with E-state index in [4.69, 9.17) is 24.3 Å². The van der Waals surface area contributed by atoms with Crippen molar-refractivity contribution in [1.82, 2.24) is 15.0 Å². The fourth-order valence-electron chi connectivity index (χ4n) is 7.90. The lowest BCUT2D eigenvalue weighted by Crippen LogP contribution is -2.41. The van der Waals surface area contributed by atoms with Crippen LogP contribution in [0.1, 0.15) is 49.9 Å². The number of pyridine rings is 3. The molecule has 5 nitrogen and oxygen atoms in total. The highest BCUT2D eigenvalue weighted by molar-refractivity contribution is 6.64. The summed E-state index contributed by atoms with van der Waals surface area (Å²) in [6.07, 6.45) is 3.61. The Bertz CT molecular complexity index is 2300. The Morgan fingerprint density at radius 2 is 0.981 bits per heavy atom. The van der Waals surface area contributed by atoms with Gasteiger partial charge in [0.1, 0.15) is 0 Å². The Hall–Kier alpha value is -5.69. The van der Waals surface area contributed by atoms with Crippen molar-refractivity contribution in [3.05, 3.63) is 180 Å². The quantitative estimate of drug-likeness (QED) is 0.164. The van der Waals surface area contributed by atoms with E-state index in [2.05, 4.69) is 137 Å². The molecule has 0 unspecified atom stereocenters. The molecule has 252 valence electrons. The molecule has 1 aliphatic heterocycles. The van der Waals surface area contributed by atoms with Crippen molar-refractivity contribution in [2.75, 3.05) is 0 Å². The molecule has 3 aromatic heterocycles. The number of aromatic nitrogens is 3. The van der Waals surface area contributed by atoms with Gasteiger partial charge in [0.2, 0.25) is 0 Å². The van der Waals surface area contributed by atoms with E-state index in [9.17, 15) is 0 Å². The van der Waals surface area contributed by atoms with E-state index in [1.54, 1.807) is 12.4 Å². The third kappa shape index (κ3) is 5.05. The SMILES string of the molecule is CC1(C)OB(c2cc3c(cc2-c2cc(-c4ccccn4)nc(-c4ccccn4)c2)-c2ccccc2C3(c2ccccc2)c2ccccc2)OC1(C)C. The van der Waals surface area contributed by atoms with Crippen LogP contribution in [-0.2, 0) is 14.7 Å². The van der Waals surface area contributed by atoms with E-state index >= 15 is 0 Å². The molecule has 1 aliphatic carbocycles. The first-order valence-electron chi connectivity index (χ1n) is 17.9. The highest BCUT2D eigenvalue weighted by Gasteiger charge is 2.54. The van der Waals surface area contributed by atoms with Crippen LogP contribution in [0, 0.1) is 0 Å². The third-order valence-electron chi connectivity index (χ3n) is 11.1. The second-order valence-corrected chi connectivity index (χ2v) is 14.7. The summed E-state index contributed by atoms with van der Waals surface area (Å²) in [7, 11) is -0.622. The van der Waals surface area contributed by atoms with Crippen molar-refractivity contribution in [2.24, 2.45) is 0 Å². The van der Waals surface area contributed by atoms with Crippen LogP contribution in [0.3, 0.4) is 0 Å². The van der Waals surface area contributed by atoms with E-state index in [1.807, 2.05) is 36.4 Å². The lowest BCUT2D eigenvalue weighted by Gasteiger charge is -2.34. The van der Waals surface area contributed by atoms with Crippen LogP contribution in [0.2, 0.25) is 0 Å². The summed E-state index contributed by atoms with van der Waals surface area (Å²) in [5, 5.41) is 0. The van der Waals surface area contributed by atoms with Crippen molar-refractivity contribution in [1.29, 1.82) is 0 Å².